The van der Waals surface area contributed by atoms with Crippen LogP contribution in [-0.2, 0) is 0 Å². The van der Waals surface area contributed by atoms with Crippen LogP contribution in [-0.4, -0.2) is 0 Å². The van der Waals surface area contributed by atoms with Gasteiger partial charge in [0.05, 0.1) is 5.92 Å². The molecule has 1 aliphatic carbocycles. The first-order chi connectivity index (χ1) is 8.92. The molecule has 0 amide bonds. The summed E-state index contributed by atoms with van der Waals surface area (Å²) in [5.41, 5.74) is 3.59. The van der Waals surface area contributed by atoms with E-state index in [0.29, 0.717) is 0 Å². The zero-order valence-electron chi connectivity index (χ0n) is 9.84. The highest BCUT2D eigenvalue weighted by Crippen LogP contribution is 2.37. The molecule has 1 atom stereocenters. The maximum atomic E-state index is 5.96. The van der Waals surface area contributed by atoms with Gasteiger partial charge in [-0.25, -0.2) is 0 Å². The van der Waals surface area contributed by atoms with Gasteiger partial charge in [-0.3, -0.25) is 0 Å². The molecular formula is C17H12O. The summed E-state index contributed by atoms with van der Waals surface area (Å²) in [7, 11) is 0. The van der Waals surface area contributed by atoms with Crippen LogP contribution < -0.4 is 0 Å². The Morgan fingerprint density at radius 3 is 2.67 bits per heavy atom. The summed E-state index contributed by atoms with van der Waals surface area (Å²) < 4.78 is 5.96. The third kappa shape index (κ3) is 1.34. The third-order valence-electron chi connectivity index (χ3n) is 3.55. The Balaban J connectivity index is 1.87. The molecule has 1 nitrogen and oxygen atoms in total. The van der Waals surface area contributed by atoms with Crippen LogP contribution in [0.4, 0.5) is 0 Å². The SMILES string of the molecule is C1=CC(c2cc3ccccc3o2)c2ccccc21. The fraction of sp³-hybridized carbons (Fsp3) is 0.0588. The van der Waals surface area contributed by atoms with Crippen molar-refractivity contribution >= 4 is 17.0 Å². The van der Waals surface area contributed by atoms with Crippen LogP contribution in [0.5, 0.6) is 0 Å². The third-order valence-corrected chi connectivity index (χ3v) is 3.55. The van der Waals surface area contributed by atoms with Crippen molar-refractivity contribution in [1.82, 2.24) is 0 Å². The minimum absolute atomic E-state index is 0.258. The van der Waals surface area contributed by atoms with Crippen molar-refractivity contribution in [1.29, 1.82) is 0 Å². The highest BCUT2D eigenvalue weighted by atomic mass is 16.3. The quantitative estimate of drug-likeness (QED) is 0.598. The molecule has 4 rings (SSSR count). The van der Waals surface area contributed by atoms with Gasteiger partial charge in [-0.1, -0.05) is 54.6 Å². The van der Waals surface area contributed by atoms with Crippen molar-refractivity contribution in [3.05, 3.63) is 77.6 Å². The zero-order chi connectivity index (χ0) is 11.9. The van der Waals surface area contributed by atoms with Gasteiger partial charge in [0.25, 0.3) is 0 Å². The predicted molar refractivity (Wildman–Crippen MR) is 73.5 cm³/mol. The van der Waals surface area contributed by atoms with Crippen molar-refractivity contribution in [3.63, 3.8) is 0 Å². The molecule has 0 bridgehead atoms. The Morgan fingerprint density at radius 2 is 1.72 bits per heavy atom. The number of hydrogen-bond acceptors (Lipinski definition) is 1. The van der Waals surface area contributed by atoms with Gasteiger partial charge >= 0.3 is 0 Å². The number of benzene rings is 2. The van der Waals surface area contributed by atoms with E-state index < -0.39 is 0 Å². The number of allylic oxidation sites excluding steroid dienone is 1. The van der Waals surface area contributed by atoms with Crippen molar-refractivity contribution in [3.8, 4) is 0 Å². The summed E-state index contributed by atoms with van der Waals surface area (Å²) >= 11 is 0. The first-order valence-electron chi connectivity index (χ1n) is 6.17. The molecule has 86 valence electrons. The fourth-order valence-corrected chi connectivity index (χ4v) is 2.65. The lowest BCUT2D eigenvalue weighted by Crippen LogP contribution is -1.92. The normalized spacial score (nSPS) is 17.2. The van der Waals surface area contributed by atoms with E-state index in [-0.39, 0.29) is 5.92 Å². The minimum Gasteiger partial charge on any atom is -0.460 e. The molecule has 0 radical (unpaired) electrons. The molecule has 0 N–H and O–H groups in total. The second-order valence-electron chi connectivity index (χ2n) is 4.65. The monoisotopic (exact) mass is 232 g/mol. The maximum absolute atomic E-state index is 5.96. The van der Waals surface area contributed by atoms with Gasteiger partial charge in [0.1, 0.15) is 11.3 Å². The Kier molecular flexibility index (Phi) is 1.95. The average molecular weight is 232 g/mol. The molecule has 1 aliphatic rings. The predicted octanol–water partition coefficient (Wildman–Crippen LogP) is 4.59. The number of fused-ring (bicyclic) bond motifs is 2. The molecule has 3 aromatic rings. The topological polar surface area (TPSA) is 13.1 Å². The Hall–Kier alpha value is -2.28. The van der Waals surface area contributed by atoms with Gasteiger partial charge in [0, 0.05) is 5.39 Å². The van der Waals surface area contributed by atoms with Crippen LogP contribution in [0.1, 0.15) is 22.8 Å². The molecule has 0 saturated heterocycles. The molecule has 18 heavy (non-hydrogen) atoms. The van der Waals surface area contributed by atoms with E-state index in [4.69, 9.17) is 4.42 Å². The summed E-state index contributed by atoms with van der Waals surface area (Å²) in [5.74, 6) is 1.28. The smallest absolute Gasteiger partial charge is 0.134 e. The molecule has 2 aromatic carbocycles. The van der Waals surface area contributed by atoms with Gasteiger partial charge in [-0.05, 0) is 23.3 Å². The minimum atomic E-state index is 0.258. The molecule has 1 aromatic heterocycles. The first-order valence-corrected chi connectivity index (χ1v) is 6.17. The highest BCUT2D eigenvalue weighted by molar-refractivity contribution is 5.78. The summed E-state index contributed by atoms with van der Waals surface area (Å²) in [5, 5.41) is 1.17. The summed E-state index contributed by atoms with van der Waals surface area (Å²) in [4.78, 5) is 0. The fourth-order valence-electron chi connectivity index (χ4n) is 2.65. The summed E-state index contributed by atoms with van der Waals surface area (Å²) in [6.45, 7) is 0. The second-order valence-corrected chi connectivity index (χ2v) is 4.65. The van der Waals surface area contributed by atoms with Crippen LogP contribution in [0.15, 0.2) is 65.1 Å². The number of hydrogen-bond donors (Lipinski definition) is 0. The van der Waals surface area contributed by atoms with Gasteiger partial charge in [-0.2, -0.15) is 0 Å². The van der Waals surface area contributed by atoms with Gasteiger partial charge in [-0.15, -0.1) is 0 Å². The lowest BCUT2D eigenvalue weighted by atomic mass is 9.98. The molecule has 1 heteroatoms. The second kappa shape index (κ2) is 3.61. The molecule has 0 spiro atoms. The van der Waals surface area contributed by atoms with E-state index in [9.17, 15) is 0 Å². The van der Waals surface area contributed by atoms with E-state index in [1.54, 1.807) is 0 Å². The number of rotatable bonds is 1. The van der Waals surface area contributed by atoms with Crippen molar-refractivity contribution < 1.29 is 4.42 Å². The summed E-state index contributed by atoms with van der Waals surface area (Å²) in [6, 6.07) is 18.8. The Labute approximate surface area is 105 Å². The van der Waals surface area contributed by atoms with Crippen molar-refractivity contribution in [2.45, 2.75) is 5.92 Å². The van der Waals surface area contributed by atoms with Crippen LogP contribution in [0.25, 0.3) is 17.0 Å². The van der Waals surface area contributed by atoms with E-state index in [1.165, 1.54) is 16.5 Å². The molecule has 0 saturated carbocycles. The lowest BCUT2D eigenvalue weighted by Gasteiger charge is -2.07. The number of furan rings is 1. The van der Waals surface area contributed by atoms with Crippen molar-refractivity contribution in [2.24, 2.45) is 0 Å². The van der Waals surface area contributed by atoms with E-state index >= 15 is 0 Å². The van der Waals surface area contributed by atoms with Crippen LogP contribution in [0.2, 0.25) is 0 Å². The molecular weight excluding hydrogens is 220 g/mol. The van der Waals surface area contributed by atoms with E-state index in [1.807, 2.05) is 18.2 Å². The largest absolute Gasteiger partial charge is 0.460 e. The molecule has 0 aliphatic heterocycles. The van der Waals surface area contributed by atoms with E-state index in [2.05, 4.69) is 48.6 Å². The molecule has 0 fully saturated rings. The molecule has 1 unspecified atom stereocenters. The van der Waals surface area contributed by atoms with Crippen molar-refractivity contribution in [2.75, 3.05) is 0 Å². The maximum Gasteiger partial charge on any atom is 0.134 e. The van der Waals surface area contributed by atoms with Gasteiger partial charge in [0.2, 0.25) is 0 Å². The van der Waals surface area contributed by atoms with Crippen LogP contribution in [0, 0.1) is 0 Å². The highest BCUT2D eigenvalue weighted by Gasteiger charge is 2.21. The van der Waals surface area contributed by atoms with Gasteiger partial charge in [0.15, 0.2) is 0 Å². The lowest BCUT2D eigenvalue weighted by molar-refractivity contribution is 0.547. The average Bonchev–Trinajstić information content (AvgIpc) is 3.02. The van der Waals surface area contributed by atoms with Crippen LogP contribution in [0.3, 0.4) is 0 Å². The molecule has 1 heterocycles. The number of para-hydroxylation sites is 1. The van der Waals surface area contributed by atoms with Crippen LogP contribution >= 0.6 is 0 Å². The van der Waals surface area contributed by atoms with E-state index in [0.717, 1.165) is 11.3 Å². The van der Waals surface area contributed by atoms with Gasteiger partial charge < -0.3 is 4.42 Å². The summed E-state index contributed by atoms with van der Waals surface area (Å²) in [6.07, 6.45) is 4.38. The first kappa shape index (κ1) is 9.72. The zero-order valence-corrected chi connectivity index (χ0v) is 9.84. The Bertz CT molecular complexity index is 716. The Morgan fingerprint density at radius 1 is 0.889 bits per heavy atom. The standard InChI is InChI=1S/C17H12O/c1-3-7-14-12(5-1)9-10-15(14)17-11-13-6-2-4-8-16(13)18-17/h1-11,15H.